The summed E-state index contributed by atoms with van der Waals surface area (Å²) < 4.78 is 23.3. The first kappa shape index (κ1) is 21.4. The lowest BCUT2D eigenvalue weighted by Crippen LogP contribution is -2.19. The van der Waals surface area contributed by atoms with Gasteiger partial charge >= 0.3 is 6.03 Å². The Labute approximate surface area is 196 Å². The predicted octanol–water partition coefficient (Wildman–Crippen LogP) is 5.76. The van der Waals surface area contributed by atoms with Gasteiger partial charge < -0.3 is 29.6 Å². The monoisotopic (exact) mass is 457 g/mol. The molecule has 8 nitrogen and oxygen atoms in total. The van der Waals surface area contributed by atoms with Gasteiger partial charge in [0.1, 0.15) is 24.7 Å². The van der Waals surface area contributed by atoms with Gasteiger partial charge in [0, 0.05) is 23.6 Å². The van der Waals surface area contributed by atoms with Crippen molar-refractivity contribution in [3.63, 3.8) is 0 Å². The summed E-state index contributed by atoms with van der Waals surface area (Å²) in [5.74, 6) is 2.82. The number of pyridine rings is 1. The molecule has 5 rings (SSSR count). The Hall–Kier alpha value is -4.46. The molecule has 0 aliphatic carbocycles. The van der Waals surface area contributed by atoms with Crippen LogP contribution in [-0.2, 0) is 0 Å². The molecule has 3 aromatic carbocycles. The van der Waals surface area contributed by atoms with Crippen molar-refractivity contribution in [1.29, 1.82) is 0 Å². The Morgan fingerprint density at radius 2 is 1.53 bits per heavy atom. The highest BCUT2D eigenvalue weighted by molar-refractivity contribution is 5.99. The molecule has 0 spiro atoms. The second kappa shape index (κ2) is 9.19. The van der Waals surface area contributed by atoms with Crippen molar-refractivity contribution in [2.45, 2.75) is 6.92 Å². The van der Waals surface area contributed by atoms with Gasteiger partial charge in [-0.3, -0.25) is 4.98 Å². The zero-order valence-corrected chi connectivity index (χ0v) is 18.8. The highest BCUT2D eigenvalue weighted by Crippen LogP contribution is 2.48. The van der Waals surface area contributed by atoms with Gasteiger partial charge in [-0.25, -0.2) is 4.79 Å². The van der Waals surface area contributed by atoms with Crippen LogP contribution in [-0.4, -0.2) is 31.3 Å². The Bertz CT molecular complexity index is 1340. The number of hydrogen-bond acceptors (Lipinski definition) is 6. The van der Waals surface area contributed by atoms with E-state index >= 15 is 0 Å². The molecule has 1 aliphatic rings. The van der Waals surface area contributed by atoms with E-state index in [0.717, 1.165) is 11.3 Å². The molecule has 34 heavy (non-hydrogen) atoms. The smallest absolute Gasteiger partial charge is 0.323 e. The Balaban J connectivity index is 1.34. The largest absolute Gasteiger partial charge is 0.493 e. The van der Waals surface area contributed by atoms with Crippen LogP contribution in [0, 0.1) is 6.92 Å². The first-order chi connectivity index (χ1) is 16.6. The third-order valence-corrected chi connectivity index (χ3v) is 5.31. The molecule has 1 aliphatic heterocycles. The minimum atomic E-state index is -0.324. The Kier molecular flexibility index (Phi) is 5.78. The van der Waals surface area contributed by atoms with Gasteiger partial charge in [0.25, 0.3) is 0 Å². The first-order valence-electron chi connectivity index (χ1n) is 10.8. The summed E-state index contributed by atoms with van der Waals surface area (Å²) in [6.45, 7) is 2.86. The summed E-state index contributed by atoms with van der Waals surface area (Å²) in [6.07, 6.45) is 1.67. The van der Waals surface area contributed by atoms with Gasteiger partial charge in [-0.05, 0) is 49.4 Å². The number of aryl methyl sites for hydroxylation is 1. The summed E-state index contributed by atoms with van der Waals surface area (Å²) in [5, 5.41) is 6.33. The maximum Gasteiger partial charge on any atom is 0.323 e. The van der Waals surface area contributed by atoms with Gasteiger partial charge in [-0.1, -0.05) is 17.7 Å². The normalized spacial score (nSPS) is 12.2. The van der Waals surface area contributed by atoms with E-state index in [4.69, 9.17) is 18.9 Å². The van der Waals surface area contributed by atoms with Gasteiger partial charge in [0.05, 0.1) is 18.0 Å². The number of amides is 2. The first-order valence-corrected chi connectivity index (χ1v) is 10.8. The molecular formula is C26H23N3O5. The molecule has 0 unspecified atom stereocenters. The number of fused-ring (bicyclic) bond motifs is 3. The van der Waals surface area contributed by atoms with E-state index in [-0.39, 0.29) is 6.03 Å². The number of urea groups is 1. The molecule has 0 saturated heterocycles. The lowest BCUT2D eigenvalue weighted by molar-refractivity contribution is 0.167. The molecule has 0 atom stereocenters. The quantitative estimate of drug-likeness (QED) is 0.396. The molecule has 1 aromatic heterocycles. The average molecular weight is 457 g/mol. The summed E-state index contributed by atoms with van der Waals surface area (Å²) in [6, 6.07) is 17.9. The second-order valence-electron chi connectivity index (χ2n) is 7.71. The van der Waals surface area contributed by atoms with Crippen molar-refractivity contribution in [3.05, 3.63) is 72.4 Å². The fraction of sp³-hybridized carbons (Fsp3) is 0.154. The summed E-state index contributed by atoms with van der Waals surface area (Å²) in [5.41, 5.74) is 3.15. The van der Waals surface area contributed by atoms with E-state index in [1.54, 1.807) is 49.7 Å². The molecule has 172 valence electrons. The number of ether oxygens (including phenoxy) is 4. The average Bonchev–Trinajstić information content (AvgIpc) is 2.86. The van der Waals surface area contributed by atoms with Crippen molar-refractivity contribution < 1.29 is 23.7 Å². The number of rotatable bonds is 5. The molecule has 0 fully saturated rings. The van der Waals surface area contributed by atoms with Crippen LogP contribution in [0.1, 0.15) is 5.56 Å². The van der Waals surface area contributed by atoms with E-state index in [0.29, 0.717) is 58.6 Å². The van der Waals surface area contributed by atoms with Crippen LogP contribution >= 0.6 is 0 Å². The molecule has 0 radical (unpaired) electrons. The minimum Gasteiger partial charge on any atom is -0.493 e. The van der Waals surface area contributed by atoms with E-state index in [9.17, 15) is 4.79 Å². The number of nitrogens with zero attached hydrogens (tertiary/aromatic N) is 1. The van der Waals surface area contributed by atoms with Crippen molar-refractivity contribution in [2.24, 2.45) is 0 Å². The standard InChI is InChI=1S/C26H23N3O5/c1-16-3-5-17(6-4-16)28-26(30)29-18-7-9-19(10-8-18)34-21-11-12-27-20-15-22(31-2)24-25(23(20)21)33-14-13-32-24/h3-12,15H,13-14H2,1-2H3,(H2,28,29,30). The lowest BCUT2D eigenvalue weighted by Gasteiger charge is -2.23. The van der Waals surface area contributed by atoms with Crippen molar-refractivity contribution in [1.82, 2.24) is 4.98 Å². The molecule has 0 bridgehead atoms. The Morgan fingerprint density at radius 3 is 2.21 bits per heavy atom. The van der Waals surface area contributed by atoms with Crippen molar-refractivity contribution in [3.8, 4) is 28.7 Å². The van der Waals surface area contributed by atoms with Crippen molar-refractivity contribution >= 4 is 28.3 Å². The summed E-state index contributed by atoms with van der Waals surface area (Å²) >= 11 is 0. The maximum absolute atomic E-state index is 12.3. The van der Waals surface area contributed by atoms with Crippen LogP contribution in [0.2, 0.25) is 0 Å². The zero-order valence-electron chi connectivity index (χ0n) is 18.8. The summed E-state index contributed by atoms with van der Waals surface area (Å²) in [4.78, 5) is 16.7. The highest BCUT2D eigenvalue weighted by atomic mass is 16.6. The van der Waals surface area contributed by atoms with Crippen molar-refractivity contribution in [2.75, 3.05) is 31.0 Å². The van der Waals surface area contributed by atoms with Crippen LogP contribution in [0.15, 0.2) is 66.9 Å². The highest BCUT2D eigenvalue weighted by Gasteiger charge is 2.24. The number of nitrogens with one attached hydrogen (secondary N) is 2. The fourth-order valence-corrected chi connectivity index (χ4v) is 3.67. The topological polar surface area (TPSA) is 90.9 Å². The SMILES string of the molecule is COc1cc2nccc(Oc3ccc(NC(=O)Nc4ccc(C)cc4)cc3)c2c2c1OCCO2. The van der Waals surface area contributed by atoms with E-state index < -0.39 is 0 Å². The fourth-order valence-electron chi connectivity index (χ4n) is 3.67. The van der Waals surface area contributed by atoms with Gasteiger partial charge in [0.15, 0.2) is 11.5 Å². The molecule has 4 aromatic rings. The number of hydrogen-bond donors (Lipinski definition) is 2. The second-order valence-corrected chi connectivity index (χ2v) is 7.71. The molecule has 2 N–H and O–H groups in total. The van der Waals surface area contributed by atoms with E-state index in [1.807, 2.05) is 31.2 Å². The molecule has 8 heteroatoms. The number of carbonyl (C=O) groups excluding carboxylic acids is 1. The number of methoxy groups -OCH3 is 1. The van der Waals surface area contributed by atoms with Crippen LogP contribution in [0.25, 0.3) is 10.9 Å². The van der Waals surface area contributed by atoms with Gasteiger partial charge in [-0.2, -0.15) is 0 Å². The molecule has 2 amide bonds. The number of anilines is 2. The maximum atomic E-state index is 12.3. The van der Waals surface area contributed by atoms with Crippen LogP contribution in [0.5, 0.6) is 28.7 Å². The van der Waals surface area contributed by atoms with Crippen LogP contribution < -0.4 is 29.6 Å². The predicted molar refractivity (Wildman–Crippen MR) is 130 cm³/mol. The third-order valence-electron chi connectivity index (χ3n) is 5.31. The summed E-state index contributed by atoms with van der Waals surface area (Å²) in [7, 11) is 1.58. The Morgan fingerprint density at radius 1 is 0.882 bits per heavy atom. The zero-order chi connectivity index (χ0) is 23.5. The lowest BCUT2D eigenvalue weighted by atomic mass is 10.1. The molecular weight excluding hydrogens is 434 g/mol. The van der Waals surface area contributed by atoms with Crippen LogP contribution in [0.3, 0.4) is 0 Å². The third kappa shape index (κ3) is 4.38. The number of aromatic nitrogens is 1. The minimum absolute atomic E-state index is 0.324. The van der Waals surface area contributed by atoms with Gasteiger partial charge in [0.2, 0.25) is 5.75 Å². The number of carbonyl (C=O) groups is 1. The molecule has 0 saturated carbocycles. The van der Waals surface area contributed by atoms with E-state index in [2.05, 4.69) is 15.6 Å². The van der Waals surface area contributed by atoms with Gasteiger partial charge in [-0.15, -0.1) is 0 Å². The molecule has 2 heterocycles. The van der Waals surface area contributed by atoms with Crippen LogP contribution in [0.4, 0.5) is 16.2 Å². The van der Waals surface area contributed by atoms with E-state index in [1.165, 1.54) is 0 Å². The number of benzene rings is 3.